The van der Waals surface area contributed by atoms with E-state index in [-0.39, 0.29) is 0 Å². The third-order valence-corrected chi connectivity index (χ3v) is 10.8. The molecule has 0 bridgehead atoms. The summed E-state index contributed by atoms with van der Waals surface area (Å²) < 4.78 is 0. The lowest BCUT2D eigenvalue weighted by atomic mass is 9.95. The molecule has 0 aliphatic heterocycles. The fourth-order valence-electron chi connectivity index (χ4n) is 7.79. The second-order valence-corrected chi connectivity index (χ2v) is 14.4. The van der Waals surface area contributed by atoms with Gasteiger partial charge in [0, 0.05) is 32.7 Å². The molecule has 10 rings (SSSR count). The summed E-state index contributed by atoms with van der Waals surface area (Å²) in [5, 5.41) is 7.16. The van der Waals surface area contributed by atoms with E-state index in [2.05, 4.69) is 196 Å². The topological polar surface area (TPSA) is 25.8 Å². The van der Waals surface area contributed by atoms with Crippen molar-refractivity contribution >= 4 is 43.4 Å². The zero-order valence-electron chi connectivity index (χ0n) is 30.2. The van der Waals surface area contributed by atoms with E-state index in [9.17, 15) is 0 Å². The van der Waals surface area contributed by atoms with Crippen LogP contribution in [0.4, 0.5) is 0 Å². The highest BCUT2D eigenvalue weighted by Gasteiger charge is 2.10. The average Bonchev–Trinajstić information content (AvgIpc) is 3.23. The van der Waals surface area contributed by atoms with E-state index in [1.807, 2.05) is 0 Å². The molecule has 54 heavy (non-hydrogen) atoms. The van der Waals surface area contributed by atoms with Crippen molar-refractivity contribution in [3.8, 4) is 55.9 Å². The van der Waals surface area contributed by atoms with Gasteiger partial charge in [0.2, 0.25) is 0 Å². The zero-order chi connectivity index (χ0) is 36.2. The molecule has 2 heterocycles. The van der Waals surface area contributed by atoms with E-state index in [1.165, 1.54) is 66.1 Å². The lowest BCUT2D eigenvalue weighted by Gasteiger charge is -2.11. The normalized spacial score (nSPS) is 11.5. The van der Waals surface area contributed by atoms with Gasteiger partial charge in [-0.25, -0.2) is 9.97 Å². The summed E-state index contributed by atoms with van der Waals surface area (Å²) in [4.78, 5) is 10.3. The molecule has 0 N–H and O–H groups in total. The van der Waals surface area contributed by atoms with E-state index in [1.54, 1.807) is 0 Å². The number of pyridine rings is 2. The largest absolute Gasteiger partial charge is 0.247 e. The molecular weight excluding hydrogens is 653 g/mol. The van der Waals surface area contributed by atoms with Crippen LogP contribution in [0, 0.1) is 13.8 Å². The van der Waals surface area contributed by atoms with Crippen molar-refractivity contribution in [3.05, 3.63) is 193 Å². The minimum absolute atomic E-state index is 0.985. The van der Waals surface area contributed by atoms with Gasteiger partial charge in [0.05, 0.1) is 22.4 Å². The van der Waals surface area contributed by atoms with Gasteiger partial charge < -0.3 is 0 Å². The Morgan fingerprint density at radius 1 is 0.278 bits per heavy atom. The monoisotopic (exact) mass is 688 g/mol. The highest BCUT2D eigenvalue weighted by Crippen LogP contribution is 2.34. The molecule has 8 aromatic carbocycles. The zero-order valence-corrected chi connectivity index (χ0v) is 30.2. The molecule has 254 valence electrons. The number of aryl methyl sites for hydroxylation is 2. The Bertz CT molecular complexity index is 2840. The third-order valence-electron chi connectivity index (χ3n) is 10.8. The first-order valence-corrected chi connectivity index (χ1v) is 18.5. The number of fused-ring (bicyclic) bond motifs is 6. The molecule has 0 atom stereocenters. The lowest BCUT2D eigenvalue weighted by Crippen LogP contribution is -1.88. The molecule has 0 unspecified atom stereocenters. The first-order valence-electron chi connectivity index (χ1n) is 18.5. The Morgan fingerprint density at radius 2 is 0.611 bits per heavy atom. The van der Waals surface area contributed by atoms with Gasteiger partial charge in [0.25, 0.3) is 0 Å². The van der Waals surface area contributed by atoms with Crippen LogP contribution in [-0.4, -0.2) is 9.97 Å². The van der Waals surface area contributed by atoms with Gasteiger partial charge >= 0.3 is 0 Å². The second-order valence-electron chi connectivity index (χ2n) is 14.4. The van der Waals surface area contributed by atoms with Crippen molar-refractivity contribution in [1.29, 1.82) is 0 Å². The van der Waals surface area contributed by atoms with Gasteiger partial charge in [-0.15, -0.1) is 0 Å². The molecule has 0 fully saturated rings. The lowest BCUT2D eigenvalue weighted by molar-refractivity contribution is 1.40. The smallest absolute Gasteiger partial charge is 0.0787 e. The Kier molecular flexibility index (Phi) is 7.63. The molecule has 2 nitrogen and oxygen atoms in total. The summed E-state index contributed by atoms with van der Waals surface area (Å²) in [5.74, 6) is 0. The number of aromatic nitrogens is 2. The molecule has 0 saturated heterocycles. The number of nitrogens with zero attached hydrogens (tertiary/aromatic N) is 2. The maximum Gasteiger partial charge on any atom is 0.0787 e. The Morgan fingerprint density at radius 3 is 1.04 bits per heavy atom. The fraction of sp³-hybridized carbons (Fsp3) is 0.0385. The van der Waals surface area contributed by atoms with Gasteiger partial charge in [-0.3, -0.25) is 0 Å². The van der Waals surface area contributed by atoms with Crippen LogP contribution in [0.25, 0.3) is 99.2 Å². The van der Waals surface area contributed by atoms with Crippen LogP contribution in [0.5, 0.6) is 0 Å². The van der Waals surface area contributed by atoms with E-state index in [0.29, 0.717) is 0 Å². The van der Waals surface area contributed by atoms with Gasteiger partial charge in [0.15, 0.2) is 0 Å². The minimum Gasteiger partial charge on any atom is -0.247 e. The Balaban J connectivity index is 0.913. The quantitative estimate of drug-likeness (QED) is 0.168. The van der Waals surface area contributed by atoms with Crippen LogP contribution >= 0.6 is 0 Å². The van der Waals surface area contributed by atoms with Gasteiger partial charge in [-0.2, -0.15) is 0 Å². The van der Waals surface area contributed by atoms with E-state index in [4.69, 9.17) is 9.97 Å². The summed E-state index contributed by atoms with van der Waals surface area (Å²) in [7, 11) is 0. The SMILES string of the molecule is Cc1ccc2ccc3ccc(-c4ccc(-c5cccc(-c6cccc(-c7ccc(-c8ccc9ccc%10ccc(C)cc%10c9n8)cc7)c6)c5)cc4)nc3c2c1. The van der Waals surface area contributed by atoms with E-state index in [0.717, 1.165) is 44.3 Å². The van der Waals surface area contributed by atoms with Crippen LogP contribution in [0.15, 0.2) is 182 Å². The molecule has 2 aromatic heterocycles. The highest BCUT2D eigenvalue weighted by molar-refractivity contribution is 6.07. The molecule has 2 heteroatoms. The van der Waals surface area contributed by atoms with Crippen molar-refractivity contribution in [1.82, 2.24) is 9.97 Å². The minimum atomic E-state index is 0.985. The first-order chi connectivity index (χ1) is 26.5. The predicted molar refractivity (Wildman–Crippen MR) is 229 cm³/mol. The molecule has 0 spiro atoms. The molecule has 0 aliphatic rings. The summed E-state index contributed by atoms with van der Waals surface area (Å²) in [5.41, 5.74) is 15.9. The Hall–Kier alpha value is -6.90. The van der Waals surface area contributed by atoms with Gasteiger partial charge in [-0.05, 0) is 94.4 Å². The molecular formula is C52H36N2. The fourth-order valence-corrected chi connectivity index (χ4v) is 7.79. The average molecular weight is 689 g/mol. The number of hydrogen-bond donors (Lipinski definition) is 0. The molecule has 0 radical (unpaired) electrons. The molecule has 10 aromatic rings. The summed E-state index contributed by atoms with van der Waals surface area (Å²) >= 11 is 0. The van der Waals surface area contributed by atoms with Crippen molar-refractivity contribution in [2.45, 2.75) is 13.8 Å². The van der Waals surface area contributed by atoms with Crippen LogP contribution in [0.2, 0.25) is 0 Å². The van der Waals surface area contributed by atoms with Crippen molar-refractivity contribution in [2.24, 2.45) is 0 Å². The second kappa shape index (κ2) is 12.9. The van der Waals surface area contributed by atoms with Crippen LogP contribution in [0.3, 0.4) is 0 Å². The maximum absolute atomic E-state index is 5.14. The van der Waals surface area contributed by atoms with Gasteiger partial charge in [-0.1, -0.05) is 157 Å². The van der Waals surface area contributed by atoms with Gasteiger partial charge in [0.1, 0.15) is 0 Å². The molecule has 0 amide bonds. The summed E-state index contributed by atoms with van der Waals surface area (Å²) in [6.07, 6.45) is 0. The van der Waals surface area contributed by atoms with Crippen molar-refractivity contribution in [2.75, 3.05) is 0 Å². The first kappa shape index (κ1) is 31.8. The van der Waals surface area contributed by atoms with Crippen LogP contribution in [0.1, 0.15) is 11.1 Å². The van der Waals surface area contributed by atoms with E-state index >= 15 is 0 Å². The van der Waals surface area contributed by atoms with Crippen molar-refractivity contribution in [3.63, 3.8) is 0 Å². The maximum atomic E-state index is 5.14. The number of rotatable bonds is 5. The molecule has 0 saturated carbocycles. The summed E-state index contributed by atoms with van der Waals surface area (Å²) in [6, 6.07) is 65.7. The Labute approximate surface area is 315 Å². The van der Waals surface area contributed by atoms with Crippen LogP contribution < -0.4 is 0 Å². The standard InChI is InChI=1S/C52H36N2/c1-33-9-11-37-17-23-41-25-27-49(53-51(41)47(37)29-33)39-19-13-35(14-20-39)43-5-3-7-45(31-43)46-8-4-6-44(32-46)36-15-21-40(22-16-36)50-28-26-42-24-18-38-12-10-34(2)30-48(38)52(42)54-50/h3-32H,1-2H3. The van der Waals surface area contributed by atoms with Crippen LogP contribution in [-0.2, 0) is 0 Å². The summed E-state index contributed by atoms with van der Waals surface area (Å²) in [6.45, 7) is 4.27. The highest BCUT2D eigenvalue weighted by atomic mass is 14.7. The third kappa shape index (κ3) is 5.79. The predicted octanol–water partition coefficient (Wildman–Crippen LogP) is 14.0. The number of benzene rings is 8. The number of hydrogen-bond acceptors (Lipinski definition) is 2. The molecule has 0 aliphatic carbocycles. The van der Waals surface area contributed by atoms with Crippen molar-refractivity contribution < 1.29 is 0 Å². The van der Waals surface area contributed by atoms with E-state index < -0.39 is 0 Å².